The van der Waals surface area contributed by atoms with Crippen molar-refractivity contribution in [2.24, 2.45) is 0 Å². The Bertz CT molecular complexity index is 2990. The molecular formula is C45H27N3S2. The third kappa shape index (κ3) is 4.90. The topological polar surface area (TPSA) is 38.7 Å². The zero-order valence-electron chi connectivity index (χ0n) is 31.4. The number of aromatic nitrogens is 3. The lowest BCUT2D eigenvalue weighted by atomic mass is 9.97. The smallest absolute Gasteiger partial charge is 0.164 e. The van der Waals surface area contributed by atoms with Gasteiger partial charge in [0.2, 0.25) is 0 Å². The molecule has 0 spiro atoms. The molecule has 0 aliphatic heterocycles. The van der Waals surface area contributed by atoms with E-state index in [-0.39, 0.29) is 23.5 Å². The first-order valence-electron chi connectivity index (χ1n) is 18.7. The summed E-state index contributed by atoms with van der Waals surface area (Å²) in [5.41, 5.74) is 5.47. The highest BCUT2D eigenvalue weighted by atomic mass is 32.1. The van der Waals surface area contributed by atoms with Crippen molar-refractivity contribution in [3.05, 3.63) is 164 Å². The minimum absolute atomic E-state index is 0.00432. The van der Waals surface area contributed by atoms with Crippen molar-refractivity contribution in [3.63, 3.8) is 0 Å². The normalized spacial score (nSPS) is 13.0. The molecule has 0 amide bonds. The predicted molar refractivity (Wildman–Crippen MR) is 213 cm³/mol. The third-order valence-electron chi connectivity index (χ3n) is 9.03. The van der Waals surface area contributed by atoms with Gasteiger partial charge < -0.3 is 0 Å². The molecule has 10 aromatic rings. The number of thiophene rings is 2. The van der Waals surface area contributed by atoms with Gasteiger partial charge in [-0.05, 0) is 58.7 Å². The van der Waals surface area contributed by atoms with Crippen molar-refractivity contribution in [3.8, 4) is 56.4 Å². The van der Waals surface area contributed by atoms with Crippen LogP contribution in [0.25, 0.3) is 96.8 Å². The molecule has 3 aromatic heterocycles. The van der Waals surface area contributed by atoms with Gasteiger partial charge in [-0.25, -0.2) is 15.0 Å². The van der Waals surface area contributed by atoms with Crippen molar-refractivity contribution in [1.82, 2.24) is 15.0 Å². The average Bonchev–Trinajstić information content (AvgIpc) is 3.81. The summed E-state index contributed by atoms with van der Waals surface area (Å²) < 4.78 is 47.5. The molecule has 0 radical (unpaired) electrons. The number of nitrogens with zero attached hydrogens (tertiary/aromatic N) is 3. The zero-order valence-corrected chi connectivity index (χ0v) is 28.0. The summed E-state index contributed by atoms with van der Waals surface area (Å²) in [6.07, 6.45) is 0. The van der Waals surface area contributed by atoms with Crippen LogP contribution in [0.2, 0.25) is 0 Å². The van der Waals surface area contributed by atoms with E-state index in [1.807, 2.05) is 36.4 Å². The van der Waals surface area contributed by atoms with E-state index >= 15 is 0 Å². The van der Waals surface area contributed by atoms with Crippen LogP contribution in [0.5, 0.6) is 0 Å². The highest BCUT2D eigenvalue weighted by molar-refractivity contribution is 7.26. The molecular weight excluding hydrogens is 647 g/mol. The number of benzene rings is 7. The molecule has 0 aliphatic rings. The van der Waals surface area contributed by atoms with Crippen LogP contribution >= 0.6 is 22.7 Å². The minimum atomic E-state index is -0.473. The quantitative estimate of drug-likeness (QED) is 0.182. The molecule has 0 atom stereocenters. The van der Waals surface area contributed by atoms with Gasteiger partial charge in [0.15, 0.2) is 17.5 Å². The Hall–Kier alpha value is -6.01. The van der Waals surface area contributed by atoms with Crippen LogP contribution in [0.4, 0.5) is 0 Å². The van der Waals surface area contributed by atoms with Gasteiger partial charge in [-0.3, -0.25) is 0 Å². The van der Waals surface area contributed by atoms with Crippen LogP contribution < -0.4 is 0 Å². The molecule has 0 unspecified atom stereocenters. The summed E-state index contributed by atoms with van der Waals surface area (Å²) in [5.74, 6) is 0.657. The maximum Gasteiger partial charge on any atom is 0.164 e. The van der Waals surface area contributed by atoms with Gasteiger partial charge >= 0.3 is 0 Å². The Morgan fingerprint density at radius 2 is 0.800 bits per heavy atom. The Morgan fingerprint density at radius 3 is 1.32 bits per heavy atom. The summed E-state index contributed by atoms with van der Waals surface area (Å²) in [5, 5.41) is 4.75. The van der Waals surface area contributed by atoms with E-state index in [9.17, 15) is 0 Å². The van der Waals surface area contributed by atoms with Crippen LogP contribution in [-0.4, -0.2) is 15.0 Å². The molecule has 7 aromatic carbocycles. The summed E-state index contributed by atoms with van der Waals surface area (Å²) >= 11 is 3.53. The first-order valence-corrected chi connectivity index (χ1v) is 17.8. The van der Waals surface area contributed by atoms with E-state index in [1.54, 1.807) is 22.7 Å². The SMILES string of the molecule is [2H]c1c([2H])c([2H])c(-c2nc(-c3cccc(-c4cccc5sc6ccccc6c45)c3)nc(-c3cccc(-c4cccc5sc6ccccc6c45)c3)n2)c([2H])c1[2H]. The molecule has 0 bridgehead atoms. The molecule has 0 fully saturated rings. The van der Waals surface area contributed by atoms with Gasteiger partial charge in [0.25, 0.3) is 0 Å². The molecule has 0 saturated heterocycles. The maximum absolute atomic E-state index is 8.80. The monoisotopic (exact) mass is 678 g/mol. The molecule has 0 aliphatic carbocycles. The van der Waals surface area contributed by atoms with E-state index in [4.69, 9.17) is 21.8 Å². The van der Waals surface area contributed by atoms with Crippen LogP contribution in [0.15, 0.2) is 164 Å². The van der Waals surface area contributed by atoms with Crippen molar-refractivity contribution < 1.29 is 6.85 Å². The van der Waals surface area contributed by atoms with Crippen LogP contribution in [0.3, 0.4) is 0 Å². The van der Waals surface area contributed by atoms with Crippen molar-refractivity contribution in [1.29, 1.82) is 0 Å². The highest BCUT2D eigenvalue weighted by Crippen LogP contribution is 2.42. The van der Waals surface area contributed by atoms with Crippen molar-refractivity contribution in [2.45, 2.75) is 0 Å². The van der Waals surface area contributed by atoms with Gasteiger partial charge in [-0.2, -0.15) is 0 Å². The molecule has 3 heterocycles. The van der Waals surface area contributed by atoms with Gasteiger partial charge in [-0.15, -0.1) is 22.7 Å². The van der Waals surface area contributed by atoms with Crippen molar-refractivity contribution >= 4 is 63.0 Å². The first kappa shape index (κ1) is 24.2. The third-order valence-corrected chi connectivity index (χ3v) is 11.3. The molecule has 234 valence electrons. The Kier molecular flexibility index (Phi) is 5.73. The van der Waals surface area contributed by atoms with Crippen LogP contribution in [0, 0.1) is 0 Å². The summed E-state index contributed by atoms with van der Waals surface area (Å²) in [6, 6.07) is 43.4. The van der Waals surface area contributed by atoms with Gasteiger partial charge in [0.1, 0.15) is 0 Å². The van der Waals surface area contributed by atoms with Crippen LogP contribution in [0.1, 0.15) is 6.85 Å². The van der Waals surface area contributed by atoms with Crippen molar-refractivity contribution in [2.75, 3.05) is 0 Å². The molecule has 10 rings (SSSR count). The second-order valence-corrected chi connectivity index (χ2v) is 14.2. The van der Waals surface area contributed by atoms with Gasteiger partial charge in [0, 0.05) is 57.0 Å². The minimum Gasteiger partial charge on any atom is -0.208 e. The van der Waals surface area contributed by atoms with E-state index < -0.39 is 18.1 Å². The molecule has 0 N–H and O–H groups in total. The summed E-state index contributed by atoms with van der Waals surface area (Å²) in [6.45, 7) is 0. The highest BCUT2D eigenvalue weighted by Gasteiger charge is 2.17. The van der Waals surface area contributed by atoms with E-state index in [0.717, 1.165) is 22.3 Å². The summed E-state index contributed by atoms with van der Waals surface area (Å²) in [7, 11) is 0. The number of hydrogen-bond acceptors (Lipinski definition) is 5. The molecule has 0 saturated carbocycles. The Morgan fingerprint density at radius 1 is 0.380 bits per heavy atom. The second kappa shape index (κ2) is 11.8. The second-order valence-electron chi connectivity index (χ2n) is 12.0. The Labute approximate surface area is 303 Å². The lowest BCUT2D eigenvalue weighted by Crippen LogP contribution is -2.00. The Balaban J connectivity index is 1.18. The maximum atomic E-state index is 8.80. The molecule has 50 heavy (non-hydrogen) atoms. The number of hydrogen-bond donors (Lipinski definition) is 0. The molecule has 3 nitrogen and oxygen atoms in total. The lowest BCUT2D eigenvalue weighted by molar-refractivity contribution is 1.07. The van der Waals surface area contributed by atoms with E-state index in [1.165, 1.54) is 40.3 Å². The average molecular weight is 679 g/mol. The fourth-order valence-corrected chi connectivity index (χ4v) is 9.05. The first-order chi connectivity index (χ1) is 26.8. The largest absolute Gasteiger partial charge is 0.208 e. The fourth-order valence-electron chi connectivity index (χ4n) is 6.79. The lowest BCUT2D eigenvalue weighted by Gasteiger charge is -2.11. The van der Waals surface area contributed by atoms with E-state index in [0.29, 0.717) is 22.8 Å². The molecule has 5 heteroatoms. The fraction of sp³-hybridized carbons (Fsp3) is 0. The van der Waals surface area contributed by atoms with Gasteiger partial charge in [-0.1, -0.05) is 127 Å². The summed E-state index contributed by atoms with van der Waals surface area (Å²) in [4.78, 5) is 14.7. The van der Waals surface area contributed by atoms with Gasteiger partial charge in [0.05, 0.1) is 6.85 Å². The van der Waals surface area contributed by atoms with E-state index in [2.05, 4.69) is 97.1 Å². The van der Waals surface area contributed by atoms with Crippen LogP contribution in [-0.2, 0) is 0 Å². The number of fused-ring (bicyclic) bond motifs is 6. The zero-order chi connectivity index (χ0) is 37.4. The number of rotatable bonds is 5. The predicted octanol–water partition coefficient (Wildman–Crippen LogP) is 12.9. The standard InChI is InChI=1S/C45H27N3S2/c1-2-12-28(13-3-1)43-46-44(31-16-8-14-29(26-31)33-20-10-24-39-41(33)35-18-4-6-22-37(35)49-39)48-45(47-43)32-17-9-15-30(27-32)34-21-11-25-40-42(34)36-19-5-7-23-38(36)50-40/h1-27H/i1D,2D,3D,12D,13D.